The first-order valence-corrected chi connectivity index (χ1v) is 9.19. The van der Waals surface area contributed by atoms with E-state index in [2.05, 4.69) is 11.2 Å². The van der Waals surface area contributed by atoms with Crippen molar-refractivity contribution >= 4 is 36.2 Å². The predicted molar refractivity (Wildman–Crippen MR) is 83.0 cm³/mol. The van der Waals surface area contributed by atoms with E-state index in [9.17, 15) is 9.90 Å². The molecule has 1 amide bonds. The minimum Gasteiger partial charge on any atom is -0.444 e. The van der Waals surface area contributed by atoms with Crippen molar-refractivity contribution in [3.05, 3.63) is 0 Å². The van der Waals surface area contributed by atoms with Crippen molar-refractivity contribution in [2.75, 3.05) is 26.3 Å². The van der Waals surface area contributed by atoms with E-state index >= 15 is 0 Å². The van der Waals surface area contributed by atoms with Gasteiger partial charge in [-0.15, -0.1) is 0 Å². The number of carbonyl (C=O) groups excluding carboxylic acids is 1. The van der Waals surface area contributed by atoms with E-state index in [-0.39, 0.29) is 13.2 Å². The number of aliphatic hydroxyl groups is 1. The molecule has 0 radical (unpaired) electrons. The predicted octanol–water partition coefficient (Wildman–Crippen LogP) is 2.03. The Morgan fingerprint density at radius 2 is 2.26 bits per heavy atom. The lowest BCUT2D eigenvalue weighted by Gasteiger charge is -2.29. The normalized spacial score (nSPS) is 24.2. The Hall–Kier alpha value is -0.170. The first-order valence-electron chi connectivity index (χ1n) is 5.83. The standard InChI is InChI=1S/C12H18INO4S/c1-11(2,3)18-10(15)14-5-6-17-9-12(16,8-14)4-7-19-13/h16H,5-6,8-9H2,1-3H3. The van der Waals surface area contributed by atoms with Gasteiger partial charge in [0.1, 0.15) is 5.60 Å². The summed E-state index contributed by atoms with van der Waals surface area (Å²) in [5.41, 5.74) is -1.91. The number of amides is 1. The first kappa shape index (κ1) is 16.9. The molecule has 1 aliphatic rings. The molecule has 7 heteroatoms. The van der Waals surface area contributed by atoms with Crippen LogP contribution in [0.4, 0.5) is 4.79 Å². The summed E-state index contributed by atoms with van der Waals surface area (Å²) in [7, 11) is 1.28. The lowest BCUT2D eigenvalue weighted by atomic mass is 10.1. The number of nitrogens with zero attached hydrogens (tertiary/aromatic N) is 1. The number of hydrogen-bond acceptors (Lipinski definition) is 5. The fourth-order valence-corrected chi connectivity index (χ4v) is 2.09. The van der Waals surface area contributed by atoms with Crippen LogP contribution in [0.15, 0.2) is 0 Å². The molecule has 108 valence electrons. The highest BCUT2D eigenvalue weighted by Crippen LogP contribution is 2.17. The van der Waals surface area contributed by atoms with Gasteiger partial charge >= 0.3 is 6.09 Å². The van der Waals surface area contributed by atoms with Crippen molar-refractivity contribution in [3.8, 4) is 11.2 Å². The van der Waals surface area contributed by atoms with E-state index < -0.39 is 17.3 Å². The van der Waals surface area contributed by atoms with Crippen LogP contribution in [0.1, 0.15) is 20.8 Å². The zero-order chi connectivity index (χ0) is 14.5. The van der Waals surface area contributed by atoms with Crippen LogP contribution < -0.4 is 0 Å². The monoisotopic (exact) mass is 399 g/mol. The number of rotatable bonds is 0. The fourth-order valence-electron chi connectivity index (χ4n) is 1.53. The van der Waals surface area contributed by atoms with Gasteiger partial charge in [0.15, 0.2) is 5.60 Å². The SMILES string of the molecule is CC(C)(C)OC(=O)N1CCOCC(O)(C#CSI)C1. The minimum atomic E-state index is -1.34. The van der Waals surface area contributed by atoms with Crippen LogP contribution in [-0.2, 0) is 9.47 Å². The molecule has 5 nitrogen and oxygen atoms in total. The Kier molecular flexibility index (Phi) is 6.23. The molecular formula is C12H18INO4S. The molecular weight excluding hydrogens is 381 g/mol. The third-order valence-corrected chi connectivity index (χ3v) is 3.11. The van der Waals surface area contributed by atoms with Gasteiger partial charge in [0.25, 0.3) is 0 Å². The first-order chi connectivity index (χ1) is 8.76. The fraction of sp³-hybridized carbons (Fsp3) is 0.750. The minimum absolute atomic E-state index is 0.0894. The van der Waals surface area contributed by atoms with Gasteiger partial charge in [-0.25, -0.2) is 4.79 Å². The number of ether oxygens (including phenoxy) is 2. The molecule has 1 saturated heterocycles. The molecule has 0 aliphatic carbocycles. The van der Waals surface area contributed by atoms with Crippen molar-refractivity contribution < 1.29 is 19.4 Å². The lowest BCUT2D eigenvalue weighted by molar-refractivity contribution is -0.00314. The molecule has 1 N–H and O–H groups in total. The quantitative estimate of drug-likeness (QED) is 0.499. The molecule has 19 heavy (non-hydrogen) atoms. The number of halogens is 1. The highest BCUT2D eigenvalue weighted by molar-refractivity contribution is 14.2. The van der Waals surface area contributed by atoms with Crippen LogP contribution in [0.2, 0.25) is 0 Å². The summed E-state index contributed by atoms with van der Waals surface area (Å²) in [4.78, 5) is 13.4. The smallest absolute Gasteiger partial charge is 0.410 e. The van der Waals surface area contributed by atoms with E-state index in [0.717, 1.165) is 0 Å². The average Bonchev–Trinajstić information content (AvgIpc) is 2.47. The molecule has 1 atom stereocenters. The van der Waals surface area contributed by atoms with E-state index in [0.29, 0.717) is 13.2 Å². The molecule has 0 aromatic heterocycles. The number of carbonyl (C=O) groups is 1. The molecule has 1 aliphatic heterocycles. The van der Waals surface area contributed by atoms with Crippen LogP contribution in [0, 0.1) is 11.2 Å². The zero-order valence-corrected chi connectivity index (χ0v) is 14.2. The van der Waals surface area contributed by atoms with Crippen LogP contribution >= 0.6 is 30.1 Å². The van der Waals surface area contributed by atoms with Gasteiger partial charge in [0.2, 0.25) is 0 Å². The molecule has 1 rings (SSSR count). The maximum Gasteiger partial charge on any atom is 0.410 e. The lowest BCUT2D eigenvalue weighted by Crippen LogP contribution is -2.47. The Labute approximate surface area is 130 Å². The summed E-state index contributed by atoms with van der Waals surface area (Å²) in [6.45, 7) is 6.34. The maximum absolute atomic E-state index is 12.0. The highest BCUT2D eigenvalue weighted by Gasteiger charge is 2.34. The van der Waals surface area contributed by atoms with E-state index in [1.165, 1.54) is 13.8 Å². The number of β-amino-alcohol motifs (C(OH)–C–C–N with tert-alkyl or cyclic N) is 1. The molecule has 1 heterocycles. The average molecular weight is 399 g/mol. The largest absolute Gasteiger partial charge is 0.444 e. The van der Waals surface area contributed by atoms with Crippen LogP contribution in [0.25, 0.3) is 0 Å². The summed E-state index contributed by atoms with van der Waals surface area (Å²) in [5, 5.41) is 13.1. The van der Waals surface area contributed by atoms with Crippen molar-refractivity contribution in [3.63, 3.8) is 0 Å². The van der Waals surface area contributed by atoms with Crippen molar-refractivity contribution in [1.29, 1.82) is 0 Å². The molecule has 1 unspecified atom stereocenters. The maximum atomic E-state index is 12.0. The molecule has 0 bridgehead atoms. The van der Waals surface area contributed by atoms with Gasteiger partial charge < -0.3 is 19.5 Å². The molecule has 1 fully saturated rings. The van der Waals surface area contributed by atoms with Crippen molar-refractivity contribution in [2.45, 2.75) is 32.0 Å². The second-order valence-electron chi connectivity index (χ2n) is 5.29. The third-order valence-electron chi connectivity index (χ3n) is 2.27. The summed E-state index contributed by atoms with van der Waals surface area (Å²) in [6.07, 6.45) is -0.458. The Morgan fingerprint density at radius 3 is 2.84 bits per heavy atom. The summed E-state index contributed by atoms with van der Waals surface area (Å²) < 4.78 is 10.6. The van der Waals surface area contributed by atoms with Crippen molar-refractivity contribution in [2.24, 2.45) is 0 Å². The second kappa shape index (κ2) is 7.02. The van der Waals surface area contributed by atoms with Crippen LogP contribution in [0.5, 0.6) is 0 Å². The van der Waals surface area contributed by atoms with Gasteiger partial charge in [-0.3, -0.25) is 0 Å². The van der Waals surface area contributed by atoms with E-state index in [4.69, 9.17) is 9.47 Å². The van der Waals surface area contributed by atoms with Crippen LogP contribution in [0.3, 0.4) is 0 Å². The van der Waals surface area contributed by atoms with Gasteiger partial charge in [0.05, 0.1) is 19.8 Å². The molecule has 0 aromatic carbocycles. The Balaban J connectivity index is 2.76. The van der Waals surface area contributed by atoms with E-state index in [1.807, 2.05) is 21.2 Å². The Morgan fingerprint density at radius 1 is 1.58 bits per heavy atom. The summed E-state index contributed by atoms with van der Waals surface area (Å²) in [6, 6.07) is 0. The summed E-state index contributed by atoms with van der Waals surface area (Å²) >= 11 is 2.02. The topological polar surface area (TPSA) is 59.0 Å². The van der Waals surface area contributed by atoms with Gasteiger partial charge in [0, 0.05) is 27.8 Å². The number of hydrogen-bond donors (Lipinski definition) is 1. The van der Waals surface area contributed by atoms with Crippen molar-refractivity contribution in [1.82, 2.24) is 4.90 Å². The molecule has 0 aromatic rings. The van der Waals surface area contributed by atoms with Gasteiger partial charge in [-0.05, 0) is 35.0 Å². The van der Waals surface area contributed by atoms with Crippen LogP contribution in [-0.4, -0.2) is 53.6 Å². The summed E-state index contributed by atoms with van der Waals surface area (Å²) in [5.74, 6) is 2.72. The third kappa shape index (κ3) is 6.21. The molecule has 0 saturated carbocycles. The zero-order valence-electron chi connectivity index (χ0n) is 11.2. The van der Waals surface area contributed by atoms with E-state index in [1.54, 1.807) is 20.8 Å². The molecule has 0 spiro atoms. The second-order valence-corrected chi connectivity index (χ2v) is 6.97. The Bertz CT molecular complexity index is 387. The van der Waals surface area contributed by atoms with Gasteiger partial charge in [-0.1, -0.05) is 5.92 Å². The highest BCUT2D eigenvalue weighted by atomic mass is 127. The van der Waals surface area contributed by atoms with Gasteiger partial charge in [-0.2, -0.15) is 0 Å².